The lowest BCUT2D eigenvalue weighted by molar-refractivity contribution is -0.142. The van der Waals surface area contributed by atoms with Crippen molar-refractivity contribution >= 4 is 5.97 Å². The number of hydrogen-bond acceptors (Lipinski definition) is 2. The highest BCUT2D eigenvalue weighted by Crippen LogP contribution is 2.30. The fraction of sp³-hybridized carbons (Fsp3) is 0.909. The predicted octanol–water partition coefficient (Wildman–Crippen LogP) is 1.44. The van der Waals surface area contributed by atoms with Crippen LogP contribution in [0.5, 0.6) is 0 Å². The molecule has 2 fully saturated rings. The first kappa shape index (κ1) is 9.97. The lowest BCUT2D eigenvalue weighted by Gasteiger charge is -2.29. The molecule has 1 saturated heterocycles. The van der Waals surface area contributed by atoms with Crippen molar-refractivity contribution in [2.75, 3.05) is 19.6 Å². The number of likely N-dealkylation sites (tertiary alicyclic amines) is 1. The van der Waals surface area contributed by atoms with E-state index in [1.807, 2.05) is 0 Å². The van der Waals surface area contributed by atoms with Gasteiger partial charge in [0.05, 0.1) is 5.92 Å². The minimum absolute atomic E-state index is 0.130. The summed E-state index contributed by atoms with van der Waals surface area (Å²) in [5.74, 6) is 0.436. The van der Waals surface area contributed by atoms with Crippen LogP contribution in [0.3, 0.4) is 0 Å². The van der Waals surface area contributed by atoms with Gasteiger partial charge < -0.3 is 10.0 Å². The van der Waals surface area contributed by atoms with Gasteiger partial charge in [-0.25, -0.2) is 0 Å². The molecule has 0 aromatic carbocycles. The van der Waals surface area contributed by atoms with Crippen molar-refractivity contribution in [1.82, 2.24) is 4.90 Å². The number of aliphatic carboxylic acids is 1. The minimum Gasteiger partial charge on any atom is -0.481 e. The molecule has 0 bridgehead atoms. The number of hydrogen-bond donors (Lipinski definition) is 1. The Morgan fingerprint density at radius 2 is 2.14 bits per heavy atom. The lowest BCUT2D eigenvalue weighted by atomic mass is 9.85. The molecule has 1 saturated carbocycles. The molecule has 0 aromatic rings. The average Bonchev–Trinajstić information content (AvgIpc) is 2.39. The minimum atomic E-state index is -0.617. The van der Waals surface area contributed by atoms with Crippen LogP contribution >= 0.6 is 0 Å². The highest BCUT2D eigenvalue weighted by atomic mass is 16.4. The van der Waals surface area contributed by atoms with Gasteiger partial charge in [-0.2, -0.15) is 0 Å². The largest absolute Gasteiger partial charge is 0.481 e. The maximum atomic E-state index is 10.9. The van der Waals surface area contributed by atoms with E-state index >= 15 is 0 Å². The molecule has 2 aliphatic rings. The second-order valence-electron chi connectivity index (χ2n) is 4.94. The van der Waals surface area contributed by atoms with Crippen LogP contribution in [0.15, 0.2) is 0 Å². The first-order valence-corrected chi connectivity index (χ1v) is 5.62. The number of carboxylic acids is 1. The number of carboxylic acid groups (broad SMARTS) is 1. The van der Waals surface area contributed by atoms with Crippen LogP contribution in [0, 0.1) is 17.8 Å². The molecule has 1 aliphatic heterocycles. The Labute approximate surface area is 85.1 Å². The summed E-state index contributed by atoms with van der Waals surface area (Å²) in [6, 6.07) is 0. The molecule has 3 heteroatoms. The van der Waals surface area contributed by atoms with Crippen molar-refractivity contribution in [2.24, 2.45) is 17.8 Å². The van der Waals surface area contributed by atoms with Gasteiger partial charge in [0.1, 0.15) is 0 Å². The van der Waals surface area contributed by atoms with Gasteiger partial charge in [0.2, 0.25) is 0 Å². The summed E-state index contributed by atoms with van der Waals surface area (Å²) >= 11 is 0. The molecule has 0 amide bonds. The molecular weight excluding hydrogens is 178 g/mol. The van der Waals surface area contributed by atoms with Crippen molar-refractivity contribution in [2.45, 2.75) is 26.2 Å². The zero-order chi connectivity index (χ0) is 10.1. The van der Waals surface area contributed by atoms with Crippen LogP contribution in [0.25, 0.3) is 0 Å². The van der Waals surface area contributed by atoms with E-state index in [1.165, 1.54) is 19.3 Å². The molecule has 1 heterocycles. The average molecular weight is 197 g/mol. The number of nitrogens with zero attached hydrogens (tertiary/aromatic N) is 1. The summed E-state index contributed by atoms with van der Waals surface area (Å²) in [6.07, 6.45) is 4.07. The van der Waals surface area contributed by atoms with Gasteiger partial charge in [-0.3, -0.25) is 4.79 Å². The third-order valence-electron chi connectivity index (χ3n) is 3.75. The maximum Gasteiger partial charge on any atom is 0.308 e. The van der Waals surface area contributed by atoms with Crippen molar-refractivity contribution in [3.8, 4) is 0 Å². The topological polar surface area (TPSA) is 40.5 Å². The quantitative estimate of drug-likeness (QED) is 0.744. The zero-order valence-corrected chi connectivity index (χ0v) is 8.78. The van der Waals surface area contributed by atoms with E-state index in [0.717, 1.165) is 25.6 Å². The second kappa shape index (κ2) is 3.89. The molecule has 0 spiro atoms. The van der Waals surface area contributed by atoms with E-state index in [2.05, 4.69) is 11.8 Å². The van der Waals surface area contributed by atoms with Crippen LogP contribution in [0.4, 0.5) is 0 Å². The van der Waals surface area contributed by atoms with Crippen molar-refractivity contribution in [3.05, 3.63) is 0 Å². The van der Waals surface area contributed by atoms with Gasteiger partial charge in [-0.15, -0.1) is 0 Å². The van der Waals surface area contributed by atoms with E-state index in [1.54, 1.807) is 0 Å². The monoisotopic (exact) mass is 197 g/mol. The summed E-state index contributed by atoms with van der Waals surface area (Å²) in [4.78, 5) is 13.2. The molecule has 14 heavy (non-hydrogen) atoms. The van der Waals surface area contributed by atoms with Gasteiger partial charge >= 0.3 is 5.97 Å². The second-order valence-corrected chi connectivity index (χ2v) is 4.94. The van der Waals surface area contributed by atoms with E-state index in [4.69, 9.17) is 5.11 Å². The van der Waals surface area contributed by atoms with Crippen LogP contribution in [-0.4, -0.2) is 35.6 Å². The first-order chi connectivity index (χ1) is 6.66. The van der Waals surface area contributed by atoms with E-state index in [-0.39, 0.29) is 5.92 Å². The van der Waals surface area contributed by atoms with Gasteiger partial charge in [0.15, 0.2) is 0 Å². The molecule has 80 valence electrons. The Kier molecular flexibility index (Phi) is 2.77. The Balaban J connectivity index is 1.82. The summed E-state index contributed by atoms with van der Waals surface area (Å²) in [6.45, 7) is 4.94. The highest BCUT2D eigenvalue weighted by molar-refractivity contribution is 5.71. The van der Waals surface area contributed by atoms with Crippen LogP contribution < -0.4 is 0 Å². The van der Waals surface area contributed by atoms with Crippen molar-refractivity contribution in [3.63, 3.8) is 0 Å². The van der Waals surface area contributed by atoms with Crippen LogP contribution in [-0.2, 0) is 4.79 Å². The fourth-order valence-electron chi connectivity index (χ4n) is 2.58. The molecule has 2 rings (SSSR count). The standard InChI is InChI=1S/C11H19NO2/c1-8-5-12(6-9-3-2-4-9)7-10(8)11(13)14/h8-10H,2-7H2,1H3,(H,13,14). The smallest absolute Gasteiger partial charge is 0.308 e. The summed E-state index contributed by atoms with van der Waals surface area (Å²) in [5.41, 5.74) is 0. The van der Waals surface area contributed by atoms with Crippen LogP contribution in [0.1, 0.15) is 26.2 Å². The Hall–Kier alpha value is -0.570. The lowest BCUT2D eigenvalue weighted by Crippen LogP contribution is -2.31. The molecule has 2 unspecified atom stereocenters. The predicted molar refractivity (Wildman–Crippen MR) is 54.1 cm³/mol. The summed E-state index contributed by atoms with van der Waals surface area (Å²) < 4.78 is 0. The van der Waals surface area contributed by atoms with E-state index in [0.29, 0.717) is 5.92 Å². The van der Waals surface area contributed by atoms with E-state index in [9.17, 15) is 4.79 Å². The van der Waals surface area contributed by atoms with Crippen molar-refractivity contribution < 1.29 is 9.90 Å². The van der Waals surface area contributed by atoms with Gasteiger partial charge in [0.25, 0.3) is 0 Å². The molecule has 1 aliphatic carbocycles. The number of carbonyl (C=O) groups is 1. The maximum absolute atomic E-state index is 10.9. The Morgan fingerprint density at radius 3 is 2.57 bits per heavy atom. The molecule has 0 radical (unpaired) electrons. The highest BCUT2D eigenvalue weighted by Gasteiger charge is 2.35. The third kappa shape index (κ3) is 1.92. The molecule has 3 nitrogen and oxygen atoms in total. The normalized spacial score (nSPS) is 34.4. The summed E-state index contributed by atoms with van der Waals surface area (Å²) in [5, 5.41) is 8.98. The molecule has 2 atom stereocenters. The molecular formula is C11H19NO2. The Morgan fingerprint density at radius 1 is 1.43 bits per heavy atom. The number of rotatable bonds is 3. The van der Waals surface area contributed by atoms with Crippen molar-refractivity contribution in [1.29, 1.82) is 0 Å². The Bertz CT molecular complexity index is 225. The van der Waals surface area contributed by atoms with Gasteiger partial charge in [-0.1, -0.05) is 13.3 Å². The SMILES string of the molecule is CC1CN(CC2CCC2)CC1C(=O)O. The van der Waals surface area contributed by atoms with Gasteiger partial charge in [-0.05, 0) is 24.7 Å². The third-order valence-corrected chi connectivity index (χ3v) is 3.75. The van der Waals surface area contributed by atoms with E-state index < -0.39 is 5.97 Å². The molecule has 0 aromatic heterocycles. The summed E-state index contributed by atoms with van der Waals surface area (Å²) in [7, 11) is 0. The fourth-order valence-corrected chi connectivity index (χ4v) is 2.58. The van der Waals surface area contributed by atoms with Crippen LogP contribution in [0.2, 0.25) is 0 Å². The first-order valence-electron chi connectivity index (χ1n) is 5.62. The molecule has 1 N–H and O–H groups in total. The van der Waals surface area contributed by atoms with Gasteiger partial charge in [0, 0.05) is 19.6 Å². The zero-order valence-electron chi connectivity index (χ0n) is 8.78.